The van der Waals surface area contributed by atoms with Gasteiger partial charge >= 0.3 is 0 Å². The molecule has 2 rings (SSSR count). The summed E-state index contributed by atoms with van der Waals surface area (Å²) in [6, 6.07) is 0. The molecule has 2 heterocycles. The third kappa shape index (κ3) is 5.54. The molecule has 2 aliphatic heterocycles. The van der Waals surface area contributed by atoms with Crippen molar-refractivity contribution in [1.82, 2.24) is 5.32 Å². The number of carbonyl (C=O) groups excluding carboxylic acids is 1. The lowest BCUT2D eigenvalue weighted by molar-refractivity contribution is -0.136. The number of amides is 1. The standard InChI is InChI=1S/C16H29NO3S4Si/c1-10(20-25(5,6)16(2,3)4)12-13(18)17-14(12)23-15(21)22-11-7-8-24(19)9-11/h10-12,14H,7-9H2,1-6H3,(H,17,18). The second kappa shape index (κ2) is 8.30. The quantitative estimate of drug-likeness (QED) is 0.400. The third-order valence-electron chi connectivity index (χ3n) is 5.23. The van der Waals surface area contributed by atoms with Crippen LogP contribution in [0.4, 0.5) is 0 Å². The van der Waals surface area contributed by atoms with Crippen LogP contribution in [0.1, 0.15) is 34.1 Å². The molecule has 0 aliphatic carbocycles. The molecule has 144 valence electrons. The van der Waals surface area contributed by atoms with Gasteiger partial charge in [0.05, 0.1) is 17.4 Å². The maximum atomic E-state index is 12.1. The van der Waals surface area contributed by atoms with Crippen molar-refractivity contribution in [2.45, 2.75) is 69.0 Å². The molecule has 2 fully saturated rings. The minimum atomic E-state index is -1.91. The summed E-state index contributed by atoms with van der Waals surface area (Å²) < 4.78 is 18.7. The van der Waals surface area contributed by atoms with Gasteiger partial charge in [-0.1, -0.05) is 44.8 Å². The normalized spacial score (nSPS) is 31.4. The maximum Gasteiger partial charge on any atom is 0.229 e. The lowest BCUT2D eigenvalue weighted by atomic mass is 9.96. The molecule has 5 atom stereocenters. The number of thiocarbonyl (C=S) groups is 1. The van der Waals surface area contributed by atoms with Crippen LogP contribution in [0, 0.1) is 5.92 Å². The Labute approximate surface area is 169 Å². The molecule has 0 bridgehead atoms. The molecule has 2 saturated heterocycles. The number of β-lactam (4-membered cyclic amide) rings is 1. The first-order chi connectivity index (χ1) is 11.4. The van der Waals surface area contributed by atoms with E-state index in [0.29, 0.717) is 5.25 Å². The van der Waals surface area contributed by atoms with E-state index in [-0.39, 0.29) is 28.3 Å². The van der Waals surface area contributed by atoms with Crippen molar-refractivity contribution >= 4 is 64.3 Å². The Bertz CT molecular complexity index is 564. The molecule has 5 unspecified atom stereocenters. The van der Waals surface area contributed by atoms with Gasteiger partial charge in [-0.2, -0.15) is 0 Å². The van der Waals surface area contributed by atoms with Crippen LogP contribution in [0.25, 0.3) is 0 Å². The molecule has 0 aromatic rings. The largest absolute Gasteiger partial charge is 0.413 e. The highest BCUT2D eigenvalue weighted by atomic mass is 32.2. The van der Waals surface area contributed by atoms with Gasteiger partial charge in [0.25, 0.3) is 0 Å². The molecule has 9 heteroatoms. The summed E-state index contributed by atoms with van der Waals surface area (Å²) in [5, 5.41) is 3.42. The van der Waals surface area contributed by atoms with Gasteiger partial charge in [0.2, 0.25) is 5.91 Å². The van der Waals surface area contributed by atoms with E-state index in [2.05, 4.69) is 39.2 Å². The Morgan fingerprint density at radius 2 is 2.04 bits per heavy atom. The predicted octanol–water partition coefficient (Wildman–Crippen LogP) is 3.74. The Kier molecular flexibility index (Phi) is 7.27. The molecule has 0 aromatic heterocycles. The zero-order chi connectivity index (χ0) is 19.0. The maximum absolute atomic E-state index is 12.1. The van der Waals surface area contributed by atoms with Gasteiger partial charge < -0.3 is 9.74 Å². The molecule has 0 radical (unpaired) electrons. The summed E-state index contributed by atoms with van der Waals surface area (Å²) in [5.74, 6) is 1.41. The summed E-state index contributed by atoms with van der Waals surface area (Å²) in [6.45, 7) is 13.0. The summed E-state index contributed by atoms with van der Waals surface area (Å²) in [7, 11) is -2.60. The molecule has 25 heavy (non-hydrogen) atoms. The van der Waals surface area contributed by atoms with E-state index in [4.69, 9.17) is 16.6 Å². The molecular weight excluding hydrogens is 411 g/mol. The summed E-state index contributed by atoms with van der Waals surface area (Å²) >= 11 is 8.68. The average molecular weight is 440 g/mol. The molecule has 1 amide bonds. The Hall–Kier alpha value is 0.587. The predicted molar refractivity (Wildman–Crippen MR) is 117 cm³/mol. The minimum Gasteiger partial charge on any atom is -0.413 e. The zero-order valence-corrected chi connectivity index (χ0v) is 20.1. The van der Waals surface area contributed by atoms with Crippen LogP contribution in [0.15, 0.2) is 0 Å². The van der Waals surface area contributed by atoms with Crippen molar-refractivity contribution in [2.75, 3.05) is 11.5 Å². The van der Waals surface area contributed by atoms with Gasteiger partial charge in [0.15, 0.2) is 8.32 Å². The monoisotopic (exact) mass is 439 g/mol. The highest BCUT2D eigenvalue weighted by Gasteiger charge is 2.48. The van der Waals surface area contributed by atoms with E-state index in [1.54, 1.807) is 23.5 Å². The van der Waals surface area contributed by atoms with Gasteiger partial charge in [0.1, 0.15) is 3.53 Å². The van der Waals surface area contributed by atoms with E-state index in [1.807, 2.05) is 6.92 Å². The second-order valence-electron chi connectivity index (χ2n) is 8.25. The van der Waals surface area contributed by atoms with Crippen LogP contribution >= 0.6 is 35.7 Å². The number of hydrogen-bond acceptors (Lipinski definition) is 6. The Morgan fingerprint density at radius 1 is 1.40 bits per heavy atom. The van der Waals surface area contributed by atoms with Crippen LogP contribution < -0.4 is 5.32 Å². The van der Waals surface area contributed by atoms with Crippen molar-refractivity contribution < 1.29 is 13.4 Å². The highest BCUT2D eigenvalue weighted by molar-refractivity contribution is 8.47. The highest BCUT2D eigenvalue weighted by Crippen LogP contribution is 2.41. The van der Waals surface area contributed by atoms with Crippen molar-refractivity contribution in [2.24, 2.45) is 5.92 Å². The molecule has 1 N–H and O–H groups in total. The van der Waals surface area contributed by atoms with Gasteiger partial charge in [0, 0.05) is 27.6 Å². The van der Waals surface area contributed by atoms with Crippen molar-refractivity contribution in [3.05, 3.63) is 0 Å². The topological polar surface area (TPSA) is 55.4 Å². The van der Waals surface area contributed by atoms with Crippen LogP contribution in [-0.4, -0.2) is 50.2 Å². The number of thioether (sulfide) groups is 2. The fourth-order valence-electron chi connectivity index (χ4n) is 2.64. The second-order valence-corrected chi connectivity index (χ2v) is 18.3. The first-order valence-corrected chi connectivity index (χ1v) is 15.2. The van der Waals surface area contributed by atoms with Crippen molar-refractivity contribution in [3.8, 4) is 0 Å². The molecular formula is C16H29NO3S4Si. The fourth-order valence-corrected chi connectivity index (χ4v) is 9.29. The van der Waals surface area contributed by atoms with Gasteiger partial charge in [-0.25, -0.2) is 0 Å². The summed E-state index contributed by atoms with van der Waals surface area (Å²) in [5.41, 5.74) is 0. The lowest BCUT2D eigenvalue weighted by Gasteiger charge is -2.45. The minimum absolute atomic E-state index is 0.0147. The number of hydrogen-bond donors (Lipinski definition) is 1. The number of rotatable bonds is 5. The van der Waals surface area contributed by atoms with Crippen LogP contribution in [-0.2, 0) is 20.0 Å². The van der Waals surface area contributed by atoms with Crippen LogP contribution in [0.5, 0.6) is 0 Å². The molecule has 0 saturated carbocycles. The number of carbonyl (C=O) groups is 1. The van der Waals surface area contributed by atoms with E-state index >= 15 is 0 Å². The van der Waals surface area contributed by atoms with E-state index in [0.717, 1.165) is 21.5 Å². The van der Waals surface area contributed by atoms with Gasteiger partial charge in [-0.3, -0.25) is 9.00 Å². The van der Waals surface area contributed by atoms with E-state index in [9.17, 15) is 9.00 Å². The number of nitrogens with one attached hydrogen (secondary N) is 1. The van der Waals surface area contributed by atoms with Crippen LogP contribution in [0.3, 0.4) is 0 Å². The average Bonchev–Trinajstić information content (AvgIpc) is 2.80. The van der Waals surface area contributed by atoms with Gasteiger partial charge in [-0.15, -0.1) is 11.8 Å². The Morgan fingerprint density at radius 3 is 2.52 bits per heavy atom. The summed E-state index contributed by atoms with van der Waals surface area (Å²) in [6.07, 6.45) is 0.850. The van der Waals surface area contributed by atoms with Crippen molar-refractivity contribution in [1.29, 1.82) is 0 Å². The van der Waals surface area contributed by atoms with Crippen LogP contribution in [0.2, 0.25) is 18.1 Å². The molecule has 0 aromatic carbocycles. The third-order valence-corrected chi connectivity index (χ3v) is 14.4. The first kappa shape index (κ1) is 21.9. The lowest BCUT2D eigenvalue weighted by Crippen LogP contribution is -2.62. The van der Waals surface area contributed by atoms with Gasteiger partial charge in [-0.05, 0) is 31.5 Å². The smallest absolute Gasteiger partial charge is 0.229 e. The van der Waals surface area contributed by atoms with Crippen molar-refractivity contribution in [3.63, 3.8) is 0 Å². The molecule has 0 spiro atoms. The molecule has 4 nitrogen and oxygen atoms in total. The first-order valence-electron chi connectivity index (χ1n) is 8.61. The zero-order valence-electron chi connectivity index (χ0n) is 15.8. The summed E-state index contributed by atoms with van der Waals surface area (Å²) in [4.78, 5) is 12.1. The Balaban J connectivity index is 1.89. The fraction of sp³-hybridized carbons (Fsp3) is 0.875. The van der Waals surface area contributed by atoms with E-state index < -0.39 is 19.1 Å². The van der Waals surface area contributed by atoms with E-state index in [1.165, 1.54) is 0 Å². The SMILES string of the molecule is CC(O[Si](C)(C)C(C)(C)C)C1C(=O)NC1SC(=S)SC1CCS(=O)C1. The molecule has 2 aliphatic rings.